The number of ether oxygens (including phenoxy) is 3. The number of esters is 1. The molecule has 0 radical (unpaired) electrons. The number of rotatable bonds is 7. The van der Waals surface area contributed by atoms with E-state index in [-0.39, 0.29) is 0 Å². The first kappa shape index (κ1) is 16.8. The van der Waals surface area contributed by atoms with Crippen LogP contribution >= 0.6 is 0 Å². The molecule has 5 nitrogen and oxygen atoms in total. The van der Waals surface area contributed by atoms with Gasteiger partial charge in [0, 0.05) is 7.11 Å². The van der Waals surface area contributed by atoms with Gasteiger partial charge >= 0.3 is 5.97 Å². The molecule has 0 fully saturated rings. The van der Waals surface area contributed by atoms with Crippen molar-refractivity contribution in [2.45, 2.75) is 12.1 Å². The molecule has 0 unspecified atom stereocenters. The summed E-state index contributed by atoms with van der Waals surface area (Å²) < 4.78 is 15.6. The van der Waals surface area contributed by atoms with Gasteiger partial charge in [-0.25, -0.2) is 4.79 Å². The molecule has 2 aromatic rings. The number of benzene rings is 2. The lowest BCUT2D eigenvalue weighted by atomic mass is 10.0. The fraction of sp³-hybridized carbons (Fsp3) is 0.278. The highest BCUT2D eigenvalue weighted by molar-refractivity contribution is 5.77. The number of para-hydroxylation sites is 2. The summed E-state index contributed by atoms with van der Waals surface area (Å²) in [6.07, 6.45) is -0.785. The smallest absolute Gasteiger partial charge is 0.337 e. The topological polar surface area (TPSA) is 56.8 Å². The molecule has 0 heterocycles. The lowest BCUT2D eigenvalue weighted by molar-refractivity contribution is -0.153. The van der Waals surface area contributed by atoms with Crippen molar-refractivity contribution in [3.63, 3.8) is 0 Å². The van der Waals surface area contributed by atoms with Crippen LogP contribution in [0, 0.1) is 0 Å². The Morgan fingerprint density at radius 3 is 2.22 bits per heavy atom. The maximum atomic E-state index is 12.1. The van der Waals surface area contributed by atoms with Gasteiger partial charge in [-0.1, -0.05) is 42.5 Å². The summed E-state index contributed by atoms with van der Waals surface area (Å²) in [5.74, 6) is 0.247. The Bertz CT molecular complexity index is 630. The summed E-state index contributed by atoms with van der Waals surface area (Å²) >= 11 is 0. The second-order valence-corrected chi connectivity index (χ2v) is 4.91. The first-order chi connectivity index (χ1) is 11.2. The molecule has 0 aliphatic rings. The molecular formula is C18H21NO4. The first-order valence-electron chi connectivity index (χ1n) is 7.26. The Morgan fingerprint density at radius 1 is 0.957 bits per heavy atom. The quantitative estimate of drug-likeness (QED) is 0.796. The minimum Gasteiger partial charge on any atom is -0.495 e. The first-order valence-corrected chi connectivity index (χ1v) is 7.26. The van der Waals surface area contributed by atoms with Crippen molar-refractivity contribution >= 4 is 11.7 Å². The van der Waals surface area contributed by atoms with Crippen LogP contribution in [-0.4, -0.2) is 33.4 Å². The number of methoxy groups -OCH3 is 3. The Morgan fingerprint density at radius 2 is 1.61 bits per heavy atom. The Balaban J connectivity index is 2.39. The fourth-order valence-corrected chi connectivity index (χ4v) is 2.41. The largest absolute Gasteiger partial charge is 0.495 e. The molecule has 0 aliphatic carbocycles. The van der Waals surface area contributed by atoms with E-state index in [0.717, 1.165) is 11.3 Å². The van der Waals surface area contributed by atoms with E-state index < -0.39 is 18.1 Å². The van der Waals surface area contributed by atoms with Crippen molar-refractivity contribution in [3.05, 3.63) is 60.2 Å². The Hall–Kier alpha value is -2.53. The van der Waals surface area contributed by atoms with Gasteiger partial charge in [-0.3, -0.25) is 0 Å². The number of nitrogens with one attached hydrogen (secondary N) is 1. The van der Waals surface area contributed by atoms with Crippen LogP contribution < -0.4 is 10.1 Å². The van der Waals surface area contributed by atoms with Gasteiger partial charge in [-0.2, -0.15) is 0 Å². The van der Waals surface area contributed by atoms with Crippen molar-refractivity contribution in [2.24, 2.45) is 0 Å². The number of hydrogen-bond donors (Lipinski definition) is 1. The summed E-state index contributed by atoms with van der Waals surface area (Å²) in [6, 6.07) is 16.7. The predicted octanol–water partition coefficient (Wildman–Crippen LogP) is 3.04. The van der Waals surface area contributed by atoms with E-state index in [4.69, 9.17) is 14.2 Å². The normalized spacial score (nSPS) is 13.0. The third-order valence-corrected chi connectivity index (χ3v) is 3.57. The van der Waals surface area contributed by atoms with Crippen molar-refractivity contribution in [1.82, 2.24) is 0 Å². The van der Waals surface area contributed by atoms with E-state index in [9.17, 15) is 4.79 Å². The van der Waals surface area contributed by atoms with E-state index in [1.807, 2.05) is 54.6 Å². The fourth-order valence-electron chi connectivity index (χ4n) is 2.41. The van der Waals surface area contributed by atoms with Crippen molar-refractivity contribution in [2.75, 3.05) is 26.6 Å². The molecule has 0 amide bonds. The summed E-state index contributed by atoms with van der Waals surface area (Å²) in [7, 11) is 4.44. The molecule has 0 aromatic heterocycles. The lowest BCUT2D eigenvalue weighted by Crippen LogP contribution is -2.35. The van der Waals surface area contributed by atoms with E-state index >= 15 is 0 Å². The monoisotopic (exact) mass is 315 g/mol. The average molecular weight is 315 g/mol. The van der Waals surface area contributed by atoms with Gasteiger partial charge in [0.1, 0.15) is 5.75 Å². The van der Waals surface area contributed by atoms with E-state index in [2.05, 4.69) is 5.32 Å². The van der Waals surface area contributed by atoms with Gasteiger partial charge in [0.2, 0.25) is 0 Å². The van der Waals surface area contributed by atoms with E-state index in [1.165, 1.54) is 14.2 Å². The zero-order valence-electron chi connectivity index (χ0n) is 13.5. The average Bonchev–Trinajstić information content (AvgIpc) is 2.62. The Labute approximate surface area is 136 Å². The minimum absolute atomic E-state index is 0.412. The molecule has 0 aliphatic heterocycles. The highest BCUT2D eigenvalue weighted by Crippen LogP contribution is 2.30. The molecule has 0 spiro atoms. The second-order valence-electron chi connectivity index (χ2n) is 4.91. The highest BCUT2D eigenvalue weighted by Gasteiger charge is 2.31. The maximum Gasteiger partial charge on any atom is 0.337 e. The zero-order valence-corrected chi connectivity index (χ0v) is 13.5. The van der Waals surface area contributed by atoms with Gasteiger partial charge in [-0.15, -0.1) is 0 Å². The molecule has 2 atom stereocenters. The molecule has 23 heavy (non-hydrogen) atoms. The molecule has 5 heteroatoms. The van der Waals surface area contributed by atoms with Crippen molar-refractivity contribution in [3.8, 4) is 5.75 Å². The van der Waals surface area contributed by atoms with Crippen LogP contribution in [0.15, 0.2) is 54.6 Å². The molecular weight excluding hydrogens is 294 g/mol. The predicted molar refractivity (Wildman–Crippen MR) is 88.6 cm³/mol. The lowest BCUT2D eigenvalue weighted by Gasteiger charge is -2.27. The van der Waals surface area contributed by atoms with Crippen molar-refractivity contribution < 1.29 is 19.0 Å². The SMILES string of the molecule is COC(=O)[C@H](OC)[C@H](Nc1ccccc1OC)c1ccccc1. The number of anilines is 1. The second kappa shape index (κ2) is 8.19. The third kappa shape index (κ3) is 4.02. The minimum atomic E-state index is -0.785. The van der Waals surface area contributed by atoms with Crippen LogP contribution in [0.2, 0.25) is 0 Å². The molecule has 2 aromatic carbocycles. The van der Waals surface area contributed by atoms with E-state index in [1.54, 1.807) is 7.11 Å². The van der Waals surface area contributed by atoms with Crippen LogP contribution in [-0.2, 0) is 14.3 Å². The standard InChI is InChI=1S/C18H21NO4/c1-21-15-12-8-7-11-14(15)19-16(13-9-5-4-6-10-13)17(22-2)18(20)23-3/h4-12,16-17,19H,1-3H3/t16-,17-/m1/s1. The number of hydrogen-bond acceptors (Lipinski definition) is 5. The van der Waals surface area contributed by atoms with E-state index in [0.29, 0.717) is 5.75 Å². The summed E-state index contributed by atoms with van der Waals surface area (Å²) in [4.78, 5) is 12.1. The molecule has 0 saturated carbocycles. The number of carbonyl (C=O) groups excluding carboxylic acids is 1. The van der Waals surface area contributed by atoms with Crippen LogP contribution in [0.5, 0.6) is 5.75 Å². The van der Waals surface area contributed by atoms with Gasteiger partial charge in [0.15, 0.2) is 6.10 Å². The van der Waals surface area contributed by atoms with Crippen molar-refractivity contribution in [1.29, 1.82) is 0 Å². The van der Waals surface area contributed by atoms with Gasteiger partial charge in [-0.05, 0) is 17.7 Å². The van der Waals surface area contributed by atoms with Crippen LogP contribution in [0.25, 0.3) is 0 Å². The molecule has 1 N–H and O–H groups in total. The molecule has 0 saturated heterocycles. The number of carbonyl (C=O) groups is 1. The maximum absolute atomic E-state index is 12.1. The summed E-state index contributed by atoms with van der Waals surface area (Å²) in [5.41, 5.74) is 1.69. The zero-order chi connectivity index (χ0) is 16.7. The van der Waals surface area contributed by atoms with Crippen LogP contribution in [0.1, 0.15) is 11.6 Å². The molecule has 2 rings (SSSR count). The Kier molecular flexibility index (Phi) is 6.00. The molecule has 0 bridgehead atoms. The highest BCUT2D eigenvalue weighted by atomic mass is 16.6. The molecule has 122 valence electrons. The third-order valence-electron chi connectivity index (χ3n) is 3.57. The summed E-state index contributed by atoms with van der Waals surface area (Å²) in [5, 5.41) is 3.33. The van der Waals surface area contributed by atoms with Gasteiger partial charge < -0.3 is 19.5 Å². The van der Waals surface area contributed by atoms with Crippen LogP contribution in [0.4, 0.5) is 5.69 Å². The van der Waals surface area contributed by atoms with Gasteiger partial charge in [0.25, 0.3) is 0 Å². The van der Waals surface area contributed by atoms with Gasteiger partial charge in [0.05, 0.1) is 25.9 Å². The summed E-state index contributed by atoms with van der Waals surface area (Å²) in [6.45, 7) is 0. The van der Waals surface area contributed by atoms with Crippen LogP contribution in [0.3, 0.4) is 0 Å².